The van der Waals surface area contributed by atoms with Gasteiger partial charge in [-0.05, 0) is 101 Å². The standard InChI is InChI=1S/C34H44ClF2N3O3S.CH4O/c35-30-14-11-24(21-31(30)43-27-7-3-4-8-27)34(36,37)32(33(41)40-17-15-25(38)16-18-40)39-44-29-13-10-22-19-28(12-9-23(22)20-29)42-26-5-1-2-6-26;1-2/h9-14,19,21-23,25-27,29,32,39H,1-8,15-18,20,38H2;2H,1H3/t22?,23?,29?,32-;/m1./s1. The minimum Gasteiger partial charge on any atom is -0.491 e. The predicted molar refractivity (Wildman–Crippen MR) is 180 cm³/mol. The number of hydrogen-bond donors (Lipinski definition) is 3. The van der Waals surface area contributed by atoms with Crippen LogP contribution in [0, 0.1) is 11.8 Å². The first kappa shape index (κ1) is 35.2. The molecule has 0 bridgehead atoms. The van der Waals surface area contributed by atoms with E-state index in [0.717, 1.165) is 57.8 Å². The van der Waals surface area contributed by atoms with E-state index >= 15 is 8.78 Å². The zero-order valence-electron chi connectivity index (χ0n) is 26.6. The van der Waals surface area contributed by atoms with E-state index in [-0.39, 0.29) is 40.5 Å². The van der Waals surface area contributed by atoms with Gasteiger partial charge >= 0.3 is 0 Å². The molecule has 4 atom stereocenters. The van der Waals surface area contributed by atoms with Gasteiger partial charge in [0.25, 0.3) is 5.92 Å². The van der Waals surface area contributed by atoms with E-state index in [9.17, 15) is 4.79 Å². The molecule has 5 aliphatic rings. The van der Waals surface area contributed by atoms with Crippen LogP contribution in [0.15, 0.2) is 54.3 Å². The van der Waals surface area contributed by atoms with E-state index in [2.05, 4.69) is 35.1 Å². The normalized spacial score (nSPS) is 26.3. The van der Waals surface area contributed by atoms with Gasteiger partial charge in [0, 0.05) is 43.0 Å². The fourth-order valence-corrected chi connectivity index (χ4v) is 8.21. The second-order valence-electron chi connectivity index (χ2n) is 13.0. The van der Waals surface area contributed by atoms with Gasteiger partial charge in [-0.25, -0.2) is 4.72 Å². The zero-order chi connectivity index (χ0) is 32.7. The van der Waals surface area contributed by atoms with Gasteiger partial charge in [-0.15, -0.1) is 0 Å². The number of nitrogens with two attached hydrogens (primary N) is 1. The molecule has 1 saturated heterocycles. The lowest BCUT2D eigenvalue weighted by Gasteiger charge is -2.36. The van der Waals surface area contributed by atoms with Gasteiger partial charge in [0.15, 0.2) is 6.04 Å². The van der Waals surface area contributed by atoms with Crippen molar-refractivity contribution in [2.75, 3.05) is 20.2 Å². The van der Waals surface area contributed by atoms with E-state index in [1.807, 2.05) is 0 Å². The van der Waals surface area contributed by atoms with Crippen molar-refractivity contribution in [3.8, 4) is 5.75 Å². The largest absolute Gasteiger partial charge is 0.491 e. The minimum atomic E-state index is -3.51. The lowest BCUT2D eigenvalue weighted by Crippen LogP contribution is -2.55. The third-order valence-electron chi connectivity index (χ3n) is 9.73. The molecule has 3 fully saturated rings. The number of alkyl halides is 2. The summed E-state index contributed by atoms with van der Waals surface area (Å²) in [6.07, 6.45) is 21.4. The summed E-state index contributed by atoms with van der Waals surface area (Å²) in [6, 6.07) is 2.28. The summed E-state index contributed by atoms with van der Waals surface area (Å²) >= 11 is 7.57. The van der Waals surface area contributed by atoms with E-state index in [0.29, 0.717) is 37.1 Å². The van der Waals surface area contributed by atoms with Crippen molar-refractivity contribution in [3.05, 3.63) is 64.9 Å². The number of fused-ring (bicyclic) bond motifs is 1. The number of rotatable bonds is 10. The molecule has 4 N–H and O–H groups in total. The molecule has 4 aliphatic carbocycles. The maximum absolute atomic E-state index is 16.5. The monoisotopic (exact) mass is 679 g/mol. The SMILES string of the molecule is CO.NC1CCN(C(=O)[C@@H](NSC2C=CC3C=C(OC4CCCC4)C=CC3C2)C(F)(F)c2ccc(Cl)c(OC3CCCC3)c2)CC1. The highest BCUT2D eigenvalue weighted by Gasteiger charge is 2.48. The number of halogens is 3. The molecule has 11 heteroatoms. The average Bonchev–Trinajstić information content (AvgIpc) is 3.78. The Morgan fingerprint density at radius 2 is 1.67 bits per heavy atom. The molecule has 1 aliphatic heterocycles. The number of ether oxygens (including phenoxy) is 2. The molecule has 1 aromatic rings. The Labute approximate surface area is 281 Å². The van der Waals surface area contributed by atoms with Gasteiger partial charge in [-0.2, -0.15) is 8.78 Å². The Balaban J connectivity index is 0.00000204. The number of aliphatic hydroxyl groups excluding tert-OH is 1. The molecule has 0 spiro atoms. The van der Waals surface area contributed by atoms with Gasteiger partial charge in [-0.1, -0.05) is 47.8 Å². The number of carbonyl (C=O) groups excluding carboxylic acids is 1. The topological polar surface area (TPSA) is 97.1 Å². The van der Waals surface area contributed by atoms with Crippen molar-refractivity contribution in [1.82, 2.24) is 9.62 Å². The number of allylic oxidation sites excluding steroid dienone is 4. The lowest BCUT2D eigenvalue weighted by atomic mass is 9.81. The van der Waals surface area contributed by atoms with Crippen molar-refractivity contribution < 1.29 is 28.2 Å². The molecule has 1 aromatic carbocycles. The molecule has 1 heterocycles. The first-order valence-corrected chi connectivity index (χ1v) is 18.0. The highest BCUT2D eigenvalue weighted by atomic mass is 35.5. The van der Waals surface area contributed by atoms with Crippen LogP contribution >= 0.6 is 23.5 Å². The van der Waals surface area contributed by atoms with Crippen LogP contribution in [0.1, 0.15) is 76.2 Å². The van der Waals surface area contributed by atoms with Crippen molar-refractivity contribution in [2.24, 2.45) is 17.6 Å². The quantitative estimate of drug-likeness (QED) is 0.183. The molecular formula is C35H48ClF2N3O4S. The number of nitrogens with zero attached hydrogens (tertiary/aromatic N) is 1. The van der Waals surface area contributed by atoms with Crippen LogP contribution in [0.2, 0.25) is 5.02 Å². The molecule has 6 rings (SSSR count). The van der Waals surface area contributed by atoms with Gasteiger partial charge in [0.05, 0.1) is 17.2 Å². The van der Waals surface area contributed by atoms with E-state index in [1.54, 1.807) is 0 Å². The first-order chi connectivity index (χ1) is 22.3. The Morgan fingerprint density at radius 3 is 2.35 bits per heavy atom. The highest BCUT2D eigenvalue weighted by Crippen LogP contribution is 2.41. The van der Waals surface area contributed by atoms with Crippen molar-refractivity contribution >= 4 is 29.5 Å². The first-order valence-electron chi connectivity index (χ1n) is 16.8. The van der Waals surface area contributed by atoms with Crippen LogP contribution in [0.4, 0.5) is 8.78 Å². The van der Waals surface area contributed by atoms with E-state index in [1.165, 1.54) is 47.9 Å². The smallest absolute Gasteiger partial charge is 0.298 e. The summed E-state index contributed by atoms with van der Waals surface area (Å²) in [5, 5.41) is 7.22. The number of carbonyl (C=O) groups is 1. The molecule has 1 amide bonds. The fourth-order valence-electron chi connectivity index (χ4n) is 7.00. The van der Waals surface area contributed by atoms with Gasteiger partial charge in [-0.3, -0.25) is 4.79 Å². The minimum absolute atomic E-state index is 0.0195. The third kappa shape index (κ3) is 8.67. The average molecular weight is 680 g/mol. The Bertz CT molecular complexity index is 1260. The summed E-state index contributed by atoms with van der Waals surface area (Å²) in [5.41, 5.74) is 5.76. The Kier molecular flexibility index (Phi) is 12.5. The number of piperidine rings is 1. The maximum atomic E-state index is 16.5. The summed E-state index contributed by atoms with van der Waals surface area (Å²) in [7, 11) is 1.00. The molecule has 46 heavy (non-hydrogen) atoms. The maximum Gasteiger partial charge on any atom is 0.298 e. The van der Waals surface area contributed by atoms with Crippen LogP contribution in [-0.2, 0) is 15.5 Å². The number of benzene rings is 1. The van der Waals surface area contributed by atoms with Gasteiger partial charge in [0.1, 0.15) is 11.5 Å². The van der Waals surface area contributed by atoms with Crippen LogP contribution in [-0.4, -0.2) is 65.7 Å². The Hall–Kier alpha value is -2.11. The number of nitrogens with one attached hydrogen (secondary N) is 1. The van der Waals surface area contributed by atoms with Crippen LogP contribution < -0.4 is 15.2 Å². The summed E-state index contributed by atoms with van der Waals surface area (Å²) in [5.74, 6) is -2.49. The zero-order valence-corrected chi connectivity index (χ0v) is 28.2. The highest BCUT2D eigenvalue weighted by molar-refractivity contribution is 7.98. The number of hydrogen-bond acceptors (Lipinski definition) is 7. The van der Waals surface area contributed by atoms with Gasteiger partial charge in [0.2, 0.25) is 5.91 Å². The van der Waals surface area contributed by atoms with Crippen LogP contribution in [0.3, 0.4) is 0 Å². The molecule has 0 radical (unpaired) electrons. The number of aliphatic hydroxyl groups is 1. The number of amides is 1. The van der Waals surface area contributed by atoms with Gasteiger partial charge < -0.3 is 25.2 Å². The Morgan fingerprint density at radius 1 is 1.02 bits per heavy atom. The van der Waals surface area contributed by atoms with E-state index in [4.69, 9.17) is 31.9 Å². The molecule has 0 aromatic heterocycles. The molecule has 2 saturated carbocycles. The molecule has 3 unspecified atom stereocenters. The molecular weight excluding hydrogens is 632 g/mol. The number of likely N-dealkylation sites (tertiary alicyclic amines) is 1. The second kappa shape index (κ2) is 16.3. The van der Waals surface area contributed by atoms with E-state index < -0.39 is 17.9 Å². The molecule has 254 valence electrons. The summed E-state index contributed by atoms with van der Waals surface area (Å²) in [6.45, 7) is 0.732. The summed E-state index contributed by atoms with van der Waals surface area (Å²) < 4.78 is 48.1. The van der Waals surface area contributed by atoms with Crippen molar-refractivity contribution in [3.63, 3.8) is 0 Å². The third-order valence-corrected chi connectivity index (χ3v) is 11.1. The lowest BCUT2D eigenvalue weighted by molar-refractivity contribution is -0.145. The predicted octanol–water partition coefficient (Wildman–Crippen LogP) is 6.89. The van der Waals surface area contributed by atoms with Crippen LogP contribution in [0.5, 0.6) is 5.75 Å². The second-order valence-corrected chi connectivity index (χ2v) is 14.5. The molecule has 7 nitrogen and oxygen atoms in total. The fraction of sp³-hybridized carbons (Fsp3) is 0.629. The van der Waals surface area contributed by atoms with Crippen molar-refractivity contribution in [1.29, 1.82) is 0 Å². The summed E-state index contributed by atoms with van der Waals surface area (Å²) in [4.78, 5) is 15.3. The van der Waals surface area contributed by atoms with Crippen molar-refractivity contribution in [2.45, 2.75) is 106 Å². The van der Waals surface area contributed by atoms with Crippen LogP contribution in [0.25, 0.3) is 0 Å².